The molecule has 1 aromatic carbocycles. The van der Waals surface area contributed by atoms with Crippen LogP contribution in [0.25, 0.3) is 0 Å². The fourth-order valence-electron chi connectivity index (χ4n) is 1.56. The van der Waals surface area contributed by atoms with E-state index in [2.05, 4.69) is 21.5 Å². The van der Waals surface area contributed by atoms with E-state index in [9.17, 15) is 15.0 Å². The minimum atomic E-state index is -0.231. The van der Waals surface area contributed by atoms with Crippen molar-refractivity contribution < 1.29 is 15.0 Å². The lowest BCUT2D eigenvalue weighted by molar-refractivity contribution is -0.120. The molecule has 0 spiro atoms. The normalized spacial score (nSPS) is 12.1. The zero-order valence-corrected chi connectivity index (χ0v) is 11.7. The summed E-state index contributed by atoms with van der Waals surface area (Å²) in [7, 11) is 2.50. The Kier molecular flexibility index (Phi) is 5.93. The maximum atomic E-state index is 11.7. The molecule has 3 N–H and O–H groups in total. The quantitative estimate of drug-likeness (QED) is 0.419. The van der Waals surface area contributed by atoms with Crippen LogP contribution in [0, 0.1) is 0 Å². The molecule has 100 valence electrons. The maximum Gasteiger partial charge on any atom is 0.227 e. The van der Waals surface area contributed by atoms with E-state index in [4.69, 9.17) is 0 Å². The third-order valence-electron chi connectivity index (χ3n) is 2.66. The van der Waals surface area contributed by atoms with E-state index in [1.54, 1.807) is 6.07 Å². The van der Waals surface area contributed by atoms with E-state index >= 15 is 0 Å². The predicted octanol–water partition coefficient (Wildman–Crippen LogP) is 1.80. The van der Waals surface area contributed by atoms with Gasteiger partial charge in [0.25, 0.3) is 0 Å². The van der Waals surface area contributed by atoms with Gasteiger partial charge in [0.15, 0.2) is 11.5 Å². The van der Waals surface area contributed by atoms with Crippen LogP contribution in [-0.4, -0.2) is 28.3 Å². The van der Waals surface area contributed by atoms with Crippen LogP contribution in [0.1, 0.15) is 25.3 Å². The van der Waals surface area contributed by atoms with Gasteiger partial charge in [-0.2, -0.15) is 0 Å². The molecule has 5 heteroatoms. The van der Waals surface area contributed by atoms with Crippen LogP contribution in [0.2, 0.25) is 0 Å². The van der Waals surface area contributed by atoms with Gasteiger partial charge in [0.05, 0.1) is 5.66 Å². The molecule has 2 unspecified atom stereocenters. The van der Waals surface area contributed by atoms with E-state index in [-0.39, 0.29) is 23.1 Å². The zero-order chi connectivity index (χ0) is 13.5. The molecule has 18 heavy (non-hydrogen) atoms. The molecule has 2 atom stereocenters. The molecule has 0 heterocycles. The van der Waals surface area contributed by atoms with Gasteiger partial charge < -0.3 is 15.5 Å². The summed E-state index contributed by atoms with van der Waals surface area (Å²) in [5, 5.41) is 21.4. The molecule has 0 aliphatic rings. The molecule has 0 fully saturated rings. The zero-order valence-electron chi connectivity index (χ0n) is 10.5. The van der Waals surface area contributed by atoms with E-state index < -0.39 is 0 Å². The Morgan fingerprint density at radius 2 is 2.11 bits per heavy atom. The maximum absolute atomic E-state index is 11.7. The Labute approximate surface area is 110 Å². The van der Waals surface area contributed by atoms with E-state index in [0.717, 1.165) is 18.4 Å². The van der Waals surface area contributed by atoms with Crippen LogP contribution < -0.4 is 5.32 Å². The molecule has 0 aromatic heterocycles. The topological polar surface area (TPSA) is 69.6 Å². The van der Waals surface area contributed by atoms with Crippen molar-refractivity contribution in [1.82, 2.24) is 5.32 Å². The van der Waals surface area contributed by atoms with Crippen molar-refractivity contribution in [1.29, 1.82) is 0 Å². The molecule has 1 aromatic rings. The molecule has 0 aliphatic carbocycles. The van der Waals surface area contributed by atoms with Crippen molar-refractivity contribution in [2.75, 3.05) is 6.54 Å². The fraction of sp³-hybridized carbons (Fsp3) is 0.462. The SMILES string of the molecule is CCCCNC(=O)C(P)Cc1ccc(O)c(O)c1. The smallest absolute Gasteiger partial charge is 0.227 e. The van der Waals surface area contributed by atoms with Gasteiger partial charge in [-0.3, -0.25) is 4.79 Å². The van der Waals surface area contributed by atoms with E-state index in [1.807, 2.05) is 0 Å². The number of carbonyl (C=O) groups is 1. The van der Waals surface area contributed by atoms with Crippen LogP contribution in [0.5, 0.6) is 11.5 Å². The minimum Gasteiger partial charge on any atom is -0.504 e. The number of phenolic OH excluding ortho intramolecular Hbond substituents is 2. The van der Waals surface area contributed by atoms with Crippen molar-refractivity contribution in [3.05, 3.63) is 23.8 Å². The Hall–Kier alpha value is -1.28. The molecular weight excluding hydrogens is 249 g/mol. The van der Waals surface area contributed by atoms with Crippen LogP contribution in [0.4, 0.5) is 0 Å². The standard InChI is InChI=1S/C13H20NO3P/c1-2-3-6-14-13(17)12(18)8-9-4-5-10(15)11(16)7-9/h4-5,7,12,15-16H,2-3,6,8,18H2,1H3,(H,14,17). The summed E-state index contributed by atoms with van der Waals surface area (Å²) in [6, 6.07) is 4.61. The molecule has 0 aliphatic heterocycles. The summed E-state index contributed by atoms with van der Waals surface area (Å²) in [4.78, 5) is 11.7. The van der Waals surface area contributed by atoms with Gasteiger partial charge in [0, 0.05) is 6.54 Å². The third kappa shape index (κ3) is 4.53. The lowest BCUT2D eigenvalue weighted by atomic mass is 10.1. The first kappa shape index (κ1) is 14.8. The number of carbonyl (C=O) groups excluding carboxylic acids is 1. The monoisotopic (exact) mass is 269 g/mol. The van der Waals surface area contributed by atoms with Crippen molar-refractivity contribution in [3.8, 4) is 11.5 Å². The van der Waals surface area contributed by atoms with Gasteiger partial charge in [-0.1, -0.05) is 19.4 Å². The summed E-state index contributed by atoms with van der Waals surface area (Å²) in [5.74, 6) is -0.316. The summed E-state index contributed by atoms with van der Waals surface area (Å²) in [6.07, 6.45) is 2.53. The molecule has 4 nitrogen and oxygen atoms in total. The molecule has 0 saturated carbocycles. The highest BCUT2D eigenvalue weighted by Crippen LogP contribution is 2.26. The number of nitrogens with one attached hydrogen (secondary N) is 1. The van der Waals surface area contributed by atoms with Gasteiger partial charge in [-0.15, -0.1) is 9.24 Å². The van der Waals surface area contributed by atoms with E-state index in [1.165, 1.54) is 12.1 Å². The largest absolute Gasteiger partial charge is 0.504 e. The summed E-state index contributed by atoms with van der Waals surface area (Å²) < 4.78 is 0. The van der Waals surface area contributed by atoms with Gasteiger partial charge in [0.2, 0.25) is 5.91 Å². The average Bonchev–Trinajstić information content (AvgIpc) is 2.34. The van der Waals surface area contributed by atoms with Crippen LogP contribution in [0.15, 0.2) is 18.2 Å². The lowest BCUT2D eigenvalue weighted by Gasteiger charge is -2.12. The molecule has 0 bridgehead atoms. The minimum absolute atomic E-state index is 0.0129. The fourth-order valence-corrected chi connectivity index (χ4v) is 1.95. The summed E-state index contributed by atoms with van der Waals surface area (Å²) in [6.45, 7) is 2.77. The van der Waals surface area contributed by atoms with Crippen LogP contribution >= 0.6 is 9.24 Å². The van der Waals surface area contributed by atoms with Crippen LogP contribution in [0.3, 0.4) is 0 Å². The predicted molar refractivity (Wildman–Crippen MR) is 74.9 cm³/mol. The Morgan fingerprint density at radius 3 is 2.72 bits per heavy atom. The molecule has 1 amide bonds. The highest BCUT2D eigenvalue weighted by Gasteiger charge is 2.13. The summed E-state index contributed by atoms with van der Waals surface area (Å²) in [5.41, 5.74) is 0.585. The second-order valence-electron chi connectivity index (χ2n) is 4.28. The number of rotatable bonds is 6. The molecule has 1 rings (SSSR count). The van der Waals surface area contributed by atoms with Crippen molar-refractivity contribution >= 4 is 15.1 Å². The average molecular weight is 269 g/mol. The number of phenols is 2. The van der Waals surface area contributed by atoms with Crippen molar-refractivity contribution in [2.24, 2.45) is 0 Å². The molecule has 0 radical (unpaired) electrons. The number of aromatic hydroxyl groups is 2. The number of hydrogen-bond acceptors (Lipinski definition) is 3. The first-order chi connectivity index (χ1) is 8.54. The molecular formula is C13H20NO3P. The van der Waals surface area contributed by atoms with Crippen LogP contribution in [-0.2, 0) is 11.2 Å². The second kappa shape index (κ2) is 7.22. The first-order valence-electron chi connectivity index (χ1n) is 6.08. The Balaban J connectivity index is 2.50. The van der Waals surface area contributed by atoms with Crippen molar-refractivity contribution in [3.63, 3.8) is 0 Å². The second-order valence-corrected chi connectivity index (χ2v) is 5.08. The van der Waals surface area contributed by atoms with Gasteiger partial charge >= 0.3 is 0 Å². The van der Waals surface area contributed by atoms with Gasteiger partial charge in [-0.25, -0.2) is 0 Å². The lowest BCUT2D eigenvalue weighted by Crippen LogP contribution is -2.32. The first-order valence-corrected chi connectivity index (χ1v) is 6.75. The number of unbranched alkanes of at least 4 members (excludes halogenated alkanes) is 1. The van der Waals surface area contributed by atoms with Gasteiger partial charge in [0.1, 0.15) is 0 Å². The molecule has 0 saturated heterocycles. The Bertz CT molecular complexity index is 409. The van der Waals surface area contributed by atoms with Crippen molar-refractivity contribution in [2.45, 2.75) is 31.8 Å². The highest BCUT2D eigenvalue weighted by molar-refractivity contribution is 7.19. The van der Waals surface area contributed by atoms with E-state index in [0.29, 0.717) is 13.0 Å². The number of hydrogen-bond donors (Lipinski definition) is 3. The highest BCUT2D eigenvalue weighted by atomic mass is 31.0. The summed E-state index contributed by atoms with van der Waals surface area (Å²) >= 11 is 0. The van der Waals surface area contributed by atoms with Gasteiger partial charge in [-0.05, 0) is 30.5 Å². The third-order valence-corrected chi connectivity index (χ3v) is 3.20. The number of benzene rings is 1. The number of amides is 1. The Morgan fingerprint density at radius 1 is 1.39 bits per heavy atom.